The molecule has 0 spiro atoms. The number of oxime groups is 1. The Morgan fingerprint density at radius 2 is 2.00 bits per heavy atom. The highest BCUT2D eigenvalue weighted by atomic mass is 32.2. The standard InChI is InChI=1S/C12H19N3O3S/c1-3-12(2,11(13)14-16)15-19(17,18)9-10-7-5-4-6-8-10/h4-8,15-16H,3,9H2,1-2H3,(H2,13,14). The van der Waals surface area contributed by atoms with E-state index in [4.69, 9.17) is 10.9 Å². The van der Waals surface area contributed by atoms with Crippen molar-refractivity contribution in [1.29, 1.82) is 0 Å². The van der Waals surface area contributed by atoms with Crippen molar-refractivity contribution >= 4 is 15.9 Å². The Bertz CT molecular complexity index is 543. The minimum Gasteiger partial charge on any atom is -0.409 e. The predicted octanol–water partition coefficient (Wildman–Crippen LogP) is 1.02. The van der Waals surface area contributed by atoms with Crippen molar-refractivity contribution in [3.05, 3.63) is 35.9 Å². The summed E-state index contributed by atoms with van der Waals surface area (Å²) in [5, 5.41) is 11.6. The van der Waals surface area contributed by atoms with Gasteiger partial charge < -0.3 is 10.9 Å². The molecule has 1 aromatic rings. The van der Waals surface area contributed by atoms with Crippen LogP contribution in [-0.4, -0.2) is 25.0 Å². The first-order chi connectivity index (χ1) is 8.83. The molecule has 0 aliphatic heterocycles. The van der Waals surface area contributed by atoms with Gasteiger partial charge in [0.05, 0.1) is 11.3 Å². The van der Waals surface area contributed by atoms with Crippen LogP contribution in [0.1, 0.15) is 25.8 Å². The lowest BCUT2D eigenvalue weighted by atomic mass is 10.00. The summed E-state index contributed by atoms with van der Waals surface area (Å²) in [7, 11) is -3.58. The van der Waals surface area contributed by atoms with E-state index < -0.39 is 15.6 Å². The van der Waals surface area contributed by atoms with Crippen LogP contribution in [0.5, 0.6) is 0 Å². The summed E-state index contributed by atoms with van der Waals surface area (Å²) in [5.41, 5.74) is 5.11. The molecule has 0 bridgehead atoms. The first-order valence-electron chi connectivity index (χ1n) is 5.86. The van der Waals surface area contributed by atoms with E-state index >= 15 is 0 Å². The van der Waals surface area contributed by atoms with E-state index in [-0.39, 0.29) is 11.6 Å². The van der Waals surface area contributed by atoms with Crippen molar-refractivity contribution in [3.63, 3.8) is 0 Å². The molecular formula is C12H19N3O3S. The van der Waals surface area contributed by atoms with Crippen molar-refractivity contribution < 1.29 is 13.6 Å². The van der Waals surface area contributed by atoms with E-state index in [0.29, 0.717) is 12.0 Å². The Balaban J connectivity index is 2.90. The molecule has 0 radical (unpaired) electrons. The van der Waals surface area contributed by atoms with Crippen molar-refractivity contribution in [3.8, 4) is 0 Å². The molecule has 1 aromatic carbocycles. The number of sulfonamides is 1. The van der Waals surface area contributed by atoms with Gasteiger partial charge in [-0.15, -0.1) is 0 Å². The largest absolute Gasteiger partial charge is 0.409 e. The van der Waals surface area contributed by atoms with E-state index in [1.807, 2.05) is 6.07 Å². The van der Waals surface area contributed by atoms with Gasteiger partial charge in [-0.05, 0) is 18.9 Å². The normalized spacial score (nSPS) is 16.0. The lowest BCUT2D eigenvalue weighted by Crippen LogP contribution is -2.55. The number of rotatable bonds is 6. The van der Waals surface area contributed by atoms with E-state index in [1.54, 1.807) is 38.1 Å². The fraction of sp³-hybridized carbons (Fsp3) is 0.417. The second-order valence-electron chi connectivity index (χ2n) is 4.52. The summed E-state index contributed by atoms with van der Waals surface area (Å²) in [5.74, 6) is -0.311. The number of hydrogen-bond donors (Lipinski definition) is 3. The highest BCUT2D eigenvalue weighted by Crippen LogP contribution is 2.13. The molecule has 0 saturated heterocycles. The molecule has 0 aliphatic carbocycles. The molecule has 1 unspecified atom stereocenters. The molecule has 0 aliphatic rings. The van der Waals surface area contributed by atoms with Crippen molar-refractivity contribution in [2.45, 2.75) is 31.6 Å². The second kappa shape index (κ2) is 6.03. The van der Waals surface area contributed by atoms with Crippen LogP contribution in [0.25, 0.3) is 0 Å². The quantitative estimate of drug-likeness (QED) is 0.314. The van der Waals surface area contributed by atoms with Crippen LogP contribution in [0.3, 0.4) is 0 Å². The van der Waals surface area contributed by atoms with Gasteiger partial charge >= 0.3 is 0 Å². The molecule has 4 N–H and O–H groups in total. The molecule has 7 heteroatoms. The summed E-state index contributed by atoms with van der Waals surface area (Å²) in [6.45, 7) is 3.33. The Kier molecular flexibility index (Phi) is 4.90. The van der Waals surface area contributed by atoms with Gasteiger partial charge in [-0.2, -0.15) is 0 Å². The first kappa shape index (κ1) is 15.5. The molecule has 0 aromatic heterocycles. The minimum atomic E-state index is -3.58. The third-order valence-electron chi connectivity index (χ3n) is 2.96. The van der Waals surface area contributed by atoms with Crippen LogP contribution in [0.15, 0.2) is 35.5 Å². The number of nitrogens with two attached hydrogens (primary N) is 1. The number of amidine groups is 1. The molecule has 1 rings (SSSR count). The lowest BCUT2D eigenvalue weighted by Gasteiger charge is -2.27. The third kappa shape index (κ3) is 4.22. The van der Waals surface area contributed by atoms with Gasteiger partial charge in [0.1, 0.15) is 0 Å². The van der Waals surface area contributed by atoms with E-state index in [1.165, 1.54) is 0 Å². The van der Waals surface area contributed by atoms with Gasteiger partial charge in [0.25, 0.3) is 0 Å². The van der Waals surface area contributed by atoms with Gasteiger partial charge in [0.15, 0.2) is 5.84 Å². The molecule has 0 heterocycles. The third-order valence-corrected chi connectivity index (χ3v) is 4.44. The highest BCUT2D eigenvalue weighted by molar-refractivity contribution is 7.88. The summed E-state index contributed by atoms with van der Waals surface area (Å²) in [6, 6.07) is 8.81. The number of nitrogens with one attached hydrogen (secondary N) is 1. The topological polar surface area (TPSA) is 105 Å². The molecule has 1 atom stereocenters. The van der Waals surface area contributed by atoms with Crippen molar-refractivity contribution in [1.82, 2.24) is 4.72 Å². The highest BCUT2D eigenvalue weighted by Gasteiger charge is 2.32. The molecule has 19 heavy (non-hydrogen) atoms. The summed E-state index contributed by atoms with van der Waals surface area (Å²) >= 11 is 0. The summed E-state index contributed by atoms with van der Waals surface area (Å²) in [4.78, 5) is 0. The summed E-state index contributed by atoms with van der Waals surface area (Å²) < 4.78 is 26.7. The molecule has 0 saturated carbocycles. The monoisotopic (exact) mass is 285 g/mol. The predicted molar refractivity (Wildman–Crippen MR) is 74.3 cm³/mol. The number of benzene rings is 1. The molecule has 106 valence electrons. The zero-order valence-corrected chi connectivity index (χ0v) is 11.8. The maximum atomic E-state index is 12.1. The van der Waals surface area contributed by atoms with Crippen LogP contribution in [0.4, 0.5) is 0 Å². The van der Waals surface area contributed by atoms with Gasteiger partial charge in [0, 0.05) is 0 Å². The van der Waals surface area contributed by atoms with Gasteiger partial charge in [-0.1, -0.05) is 42.4 Å². The van der Waals surface area contributed by atoms with Gasteiger partial charge in [-0.3, -0.25) is 0 Å². The van der Waals surface area contributed by atoms with Crippen LogP contribution >= 0.6 is 0 Å². The maximum Gasteiger partial charge on any atom is 0.216 e. The van der Waals surface area contributed by atoms with Crippen LogP contribution < -0.4 is 10.5 Å². The minimum absolute atomic E-state index is 0.151. The molecule has 6 nitrogen and oxygen atoms in total. The number of nitrogens with zero attached hydrogens (tertiary/aromatic N) is 1. The zero-order valence-electron chi connectivity index (χ0n) is 11.0. The fourth-order valence-corrected chi connectivity index (χ4v) is 3.23. The van der Waals surface area contributed by atoms with Crippen LogP contribution in [0, 0.1) is 0 Å². The van der Waals surface area contributed by atoms with E-state index in [9.17, 15) is 8.42 Å². The second-order valence-corrected chi connectivity index (χ2v) is 6.24. The average Bonchev–Trinajstić information content (AvgIpc) is 2.37. The van der Waals surface area contributed by atoms with Crippen molar-refractivity contribution in [2.75, 3.05) is 0 Å². The Morgan fingerprint density at radius 1 is 1.42 bits per heavy atom. The first-order valence-corrected chi connectivity index (χ1v) is 7.52. The fourth-order valence-electron chi connectivity index (χ4n) is 1.59. The van der Waals surface area contributed by atoms with Crippen LogP contribution in [-0.2, 0) is 15.8 Å². The smallest absolute Gasteiger partial charge is 0.216 e. The van der Waals surface area contributed by atoms with Crippen LogP contribution in [0.2, 0.25) is 0 Å². The molecule has 0 amide bonds. The Labute approximate surface area is 113 Å². The Hall–Kier alpha value is -1.60. The zero-order chi connectivity index (χ0) is 14.5. The Morgan fingerprint density at radius 3 is 2.47 bits per heavy atom. The van der Waals surface area contributed by atoms with Gasteiger partial charge in [0.2, 0.25) is 10.0 Å². The van der Waals surface area contributed by atoms with Crippen molar-refractivity contribution in [2.24, 2.45) is 10.9 Å². The lowest BCUT2D eigenvalue weighted by molar-refractivity contribution is 0.310. The van der Waals surface area contributed by atoms with E-state index in [0.717, 1.165) is 0 Å². The number of hydrogen-bond acceptors (Lipinski definition) is 4. The summed E-state index contributed by atoms with van der Waals surface area (Å²) in [6.07, 6.45) is 0.372. The maximum absolute atomic E-state index is 12.1. The SMILES string of the molecule is CCC(C)(NS(=O)(=O)Cc1ccccc1)/C(N)=N/O. The van der Waals surface area contributed by atoms with E-state index in [2.05, 4.69) is 9.88 Å². The molecule has 0 fully saturated rings. The molecular weight excluding hydrogens is 266 g/mol. The average molecular weight is 285 g/mol. The van der Waals surface area contributed by atoms with Gasteiger partial charge in [-0.25, -0.2) is 13.1 Å².